The van der Waals surface area contributed by atoms with Crippen molar-refractivity contribution in [3.8, 4) is 0 Å². The van der Waals surface area contributed by atoms with Gasteiger partial charge >= 0.3 is 0 Å². The summed E-state index contributed by atoms with van der Waals surface area (Å²) in [6, 6.07) is 0.245. The molecular weight excluding hydrogens is 190 g/mol. The highest BCUT2D eigenvalue weighted by molar-refractivity contribution is 5.78. The molecule has 1 saturated heterocycles. The molecule has 0 radical (unpaired) electrons. The molecule has 1 amide bonds. The van der Waals surface area contributed by atoms with Crippen LogP contribution in [0.25, 0.3) is 0 Å². The van der Waals surface area contributed by atoms with Crippen molar-refractivity contribution in [2.45, 2.75) is 26.8 Å². The molecule has 4 heteroatoms. The summed E-state index contributed by atoms with van der Waals surface area (Å²) in [6.07, 6.45) is 0. The Hall–Kier alpha value is -0.610. The van der Waals surface area contributed by atoms with Crippen molar-refractivity contribution >= 4 is 5.91 Å². The number of piperazine rings is 1. The second kappa shape index (κ2) is 6.08. The first-order valence-electron chi connectivity index (χ1n) is 5.86. The van der Waals surface area contributed by atoms with E-state index in [-0.39, 0.29) is 11.9 Å². The number of nitrogens with zero attached hydrogens (tertiary/aromatic N) is 2. The lowest BCUT2D eigenvalue weighted by atomic mass is 10.3. The maximum Gasteiger partial charge on any atom is 0.234 e. The first kappa shape index (κ1) is 12.5. The summed E-state index contributed by atoms with van der Waals surface area (Å²) in [5, 5.41) is 2.92. The molecule has 0 aromatic heterocycles. The van der Waals surface area contributed by atoms with E-state index < -0.39 is 0 Å². The zero-order valence-corrected chi connectivity index (χ0v) is 10.1. The average Bonchev–Trinajstić information content (AvgIpc) is 2.17. The van der Waals surface area contributed by atoms with Crippen molar-refractivity contribution in [3.63, 3.8) is 0 Å². The Bertz CT molecular complexity index is 198. The molecule has 1 rings (SSSR count). The zero-order chi connectivity index (χ0) is 11.3. The zero-order valence-electron chi connectivity index (χ0n) is 10.1. The molecule has 1 aliphatic heterocycles. The van der Waals surface area contributed by atoms with Crippen molar-refractivity contribution in [1.29, 1.82) is 0 Å². The van der Waals surface area contributed by atoms with E-state index in [0.29, 0.717) is 6.54 Å². The Balaban J connectivity index is 2.20. The van der Waals surface area contributed by atoms with Crippen molar-refractivity contribution in [1.82, 2.24) is 15.1 Å². The molecule has 0 bridgehead atoms. The van der Waals surface area contributed by atoms with Gasteiger partial charge in [0, 0.05) is 32.2 Å². The lowest BCUT2D eigenvalue weighted by Crippen LogP contribution is -2.49. The molecule has 1 N–H and O–H groups in total. The molecule has 0 aliphatic carbocycles. The Morgan fingerprint density at radius 2 is 1.73 bits per heavy atom. The van der Waals surface area contributed by atoms with Crippen molar-refractivity contribution in [3.05, 3.63) is 0 Å². The third kappa shape index (κ3) is 4.62. The molecular formula is C11H23N3O. The molecule has 15 heavy (non-hydrogen) atoms. The van der Waals surface area contributed by atoms with Gasteiger partial charge in [-0.2, -0.15) is 0 Å². The van der Waals surface area contributed by atoms with Gasteiger partial charge in [0.15, 0.2) is 0 Å². The summed E-state index contributed by atoms with van der Waals surface area (Å²) in [5.41, 5.74) is 0. The molecule has 0 aromatic rings. The SMILES string of the molecule is CCN1CCN(CC(=O)NC(C)C)CC1. The van der Waals surface area contributed by atoms with Crippen LogP contribution in [0.15, 0.2) is 0 Å². The number of likely N-dealkylation sites (N-methyl/N-ethyl adjacent to an activating group) is 1. The highest BCUT2D eigenvalue weighted by Gasteiger charge is 2.17. The first-order valence-corrected chi connectivity index (χ1v) is 5.86. The second-order valence-corrected chi connectivity index (χ2v) is 4.43. The molecule has 1 fully saturated rings. The van der Waals surface area contributed by atoms with Crippen LogP contribution < -0.4 is 5.32 Å². The van der Waals surface area contributed by atoms with Crippen LogP contribution in [0.5, 0.6) is 0 Å². The number of hydrogen-bond donors (Lipinski definition) is 1. The predicted molar refractivity (Wildman–Crippen MR) is 61.8 cm³/mol. The third-order valence-electron chi connectivity index (χ3n) is 2.73. The van der Waals surface area contributed by atoms with E-state index >= 15 is 0 Å². The number of nitrogens with one attached hydrogen (secondary N) is 1. The molecule has 1 aliphatic rings. The largest absolute Gasteiger partial charge is 0.353 e. The fourth-order valence-corrected chi connectivity index (χ4v) is 1.83. The van der Waals surface area contributed by atoms with Crippen molar-refractivity contribution < 1.29 is 4.79 Å². The normalized spacial score (nSPS) is 19.5. The fraction of sp³-hybridized carbons (Fsp3) is 0.909. The highest BCUT2D eigenvalue weighted by Crippen LogP contribution is 2.00. The van der Waals surface area contributed by atoms with E-state index in [2.05, 4.69) is 22.0 Å². The number of hydrogen-bond acceptors (Lipinski definition) is 3. The summed E-state index contributed by atoms with van der Waals surface area (Å²) in [7, 11) is 0. The van der Waals surface area contributed by atoms with Gasteiger partial charge in [0.25, 0.3) is 0 Å². The minimum atomic E-state index is 0.148. The van der Waals surface area contributed by atoms with E-state index in [1.54, 1.807) is 0 Å². The molecule has 0 aromatic carbocycles. The minimum absolute atomic E-state index is 0.148. The molecule has 0 atom stereocenters. The van der Waals surface area contributed by atoms with E-state index in [1.165, 1.54) is 0 Å². The lowest BCUT2D eigenvalue weighted by Gasteiger charge is -2.33. The highest BCUT2D eigenvalue weighted by atomic mass is 16.2. The van der Waals surface area contributed by atoms with E-state index in [0.717, 1.165) is 32.7 Å². The molecule has 0 spiro atoms. The minimum Gasteiger partial charge on any atom is -0.353 e. The fourth-order valence-electron chi connectivity index (χ4n) is 1.83. The predicted octanol–water partition coefficient (Wildman–Crippen LogP) is 0.149. The summed E-state index contributed by atoms with van der Waals surface area (Å²) in [6.45, 7) is 12.0. The maximum absolute atomic E-state index is 11.5. The number of rotatable bonds is 4. The summed E-state index contributed by atoms with van der Waals surface area (Å²) in [5.74, 6) is 0.148. The van der Waals surface area contributed by atoms with Crippen LogP contribution in [0.3, 0.4) is 0 Å². The Kier molecular flexibility index (Phi) is 5.05. The topological polar surface area (TPSA) is 35.6 Å². The van der Waals surface area contributed by atoms with Crippen LogP contribution in [0.2, 0.25) is 0 Å². The Labute approximate surface area is 92.6 Å². The molecule has 88 valence electrons. The van der Waals surface area contributed by atoms with Gasteiger partial charge in [0.1, 0.15) is 0 Å². The van der Waals surface area contributed by atoms with Gasteiger partial charge in [-0.25, -0.2) is 0 Å². The van der Waals surface area contributed by atoms with E-state index in [4.69, 9.17) is 0 Å². The Morgan fingerprint density at radius 1 is 1.20 bits per heavy atom. The summed E-state index contributed by atoms with van der Waals surface area (Å²) >= 11 is 0. The third-order valence-corrected chi connectivity index (χ3v) is 2.73. The summed E-state index contributed by atoms with van der Waals surface area (Å²) in [4.78, 5) is 16.1. The van der Waals surface area contributed by atoms with Crippen molar-refractivity contribution in [2.24, 2.45) is 0 Å². The number of amides is 1. The monoisotopic (exact) mass is 213 g/mol. The first-order chi connectivity index (χ1) is 7.11. The smallest absolute Gasteiger partial charge is 0.234 e. The van der Waals surface area contributed by atoms with Crippen LogP contribution in [-0.4, -0.2) is 61.0 Å². The van der Waals surface area contributed by atoms with Gasteiger partial charge in [0.05, 0.1) is 6.54 Å². The van der Waals surface area contributed by atoms with Crippen LogP contribution >= 0.6 is 0 Å². The molecule has 0 unspecified atom stereocenters. The van der Waals surface area contributed by atoms with E-state index in [9.17, 15) is 4.79 Å². The molecule has 0 saturated carbocycles. The summed E-state index contributed by atoms with van der Waals surface area (Å²) < 4.78 is 0. The quantitative estimate of drug-likeness (QED) is 0.722. The van der Waals surface area contributed by atoms with Gasteiger partial charge in [-0.05, 0) is 20.4 Å². The molecule has 4 nitrogen and oxygen atoms in total. The van der Waals surface area contributed by atoms with Crippen molar-refractivity contribution in [2.75, 3.05) is 39.3 Å². The van der Waals surface area contributed by atoms with Crippen LogP contribution in [0.4, 0.5) is 0 Å². The molecule has 1 heterocycles. The standard InChI is InChI=1S/C11H23N3O/c1-4-13-5-7-14(8-6-13)9-11(15)12-10(2)3/h10H,4-9H2,1-3H3,(H,12,15). The van der Waals surface area contributed by atoms with Gasteiger partial charge in [-0.1, -0.05) is 6.92 Å². The second-order valence-electron chi connectivity index (χ2n) is 4.43. The van der Waals surface area contributed by atoms with Gasteiger partial charge in [-0.15, -0.1) is 0 Å². The lowest BCUT2D eigenvalue weighted by molar-refractivity contribution is -0.123. The van der Waals surface area contributed by atoms with E-state index in [1.807, 2.05) is 13.8 Å². The Morgan fingerprint density at radius 3 is 2.20 bits per heavy atom. The van der Waals surface area contributed by atoms with Crippen LogP contribution in [0.1, 0.15) is 20.8 Å². The number of carbonyl (C=O) groups is 1. The van der Waals surface area contributed by atoms with Gasteiger partial charge < -0.3 is 10.2 Å². The average molecular weight is 213 g/mol. The number of carbonyl (C=O) groups excluding carboxylic acids is 1. The maximum atomic E-state index is 11.5. The van der Waals surface area contributed by atoms with Crippen LogP contribution in [0, 0.1) is 0 Å². The van der Waals surface area contributed by atoms with Crippen LogP contribution in [-0.2, 0) is 4.79 Å². The van der Waals surface area contributed by atoms with Gasteiger partial charge in [-0.3, -0.25) is 9.69 Å². The van der Waals surface area contributed by atoms with Gasteiger partial charge in [0.2, 0.25) is 5.91 Å².